The van der Waals surface area contributed by atoms with Crippen molar-refractivity contribution in [3.63, 3.8) is 0 Å². The number of hydrogen-bond acceptors (Lipinski definition) is 5. The zero-order valence-corrected chi connectivity index (χ0v) is 13.3. The Morgan fingerprint density at radius 3 is 2.61 bits per heavy atom. The van der Waals surface area contributed by atoms with E-state index in [-0.39, 0.29) is 23.7 Å². The molecule has 122 valence electrons. The van der Waals surface area contributed by atoms with E-state index in [1.165, 1.54) is 12.1 Å². The third kappa shape index (κ3) is 5.30. The fourth-order valence-electron chi connectivity index (χ4n) is 1.84. The molecule has 0 aliphatic rings. The van der Waals surface area contributed by atoms with Crippen LogP contribution in [0.4, 0.5) is 5.69 Å². The number of rotatable bonds is 6. The zero-order chi connectivity index (χ0) is 16.9. The summed E-state index contributed by atoms with van der Waals surface area (Å²) >= 11 is 0. The molecular weight excluding hydrogens is 318 g/mol. The average Bonchev–Trinajstić information content (AvgIpc) is 2.46. The highest BCUT2D eigenvalue weighted by molar-refractivity contribution is 7.90. The number of anilines is 1. The van der Waals surface area contributed by atoms with E-state index in [4.69, 9.17) is 4.74 Å². The first-order valence-corrected chi connectivity index (χ1v) is 8.91. The molecule has 0 radical (unpaired) electrons. The number of phenolic OH excluding ortho intramolecular Hbond substituents is 1. The van der Waals surface area contributed by atoms with Gasteiger partial charge < -0.3 is 15.2 Å². The molecule has 0 spiro atoms. The van der Waals surface area contributed by atoms with E-state index in [0.29, 0.717) is 11.4 Å². The van der Waals surface area contributed by atoms with Crippen molar-refractivity contribution >= 4 is 21.4 Å². The van der Waals surface area contributed by atoms with Gasteiger partial charge in [0.1, 0.15) is 18.1 Å². The predicted octanol–water partition coefficient (Wildman–Crippen LogP) is 2.07. The quantitative estimate of drug-likeness (QED) is 0.843. The van der Waals surface area contributed by atoms with E-state index in [0.717, 1.165) is 6.26 Å². The number of carbonyl (C=O) groups excluding carboxylic acids is 1. The summed E-state index contributed by atoms with van der Waals surface area (Å²) in [5, 5.41) is 12.3. The highest BCUT2D eigenvalue weighted by Crippen LogP contribution is 2.21. The molecule has 0 aliphatic heterocycles. The van der Waals surface area contributed by atoms with Gasteiger partial charge in [0.15, 0.2) is 9.84 Å². The lowest BCUT2D eigenvalue weighted by Crippen LogP contribution is -2.13. The standard InChI is InChI=1S/C16H17NO5S/c1-23(20,21)10-9-22-13-6-4-5-12(11-13)17-16(19)14-7-2-3-8-15(14)18/h2-8,11,18H,9-10H2,1H3,(H,17,19). The van der Waals surface area contributed by atoms with E-state index in [2.05, 4.69) is 5.32 Å². The average molecular weight is 335 g/mol. The van der Waals surface area contributed by atoms with Gasteiger partial charge in [-0.25, -0.2) is 8.42 Å². The number of hydrogen-bond donors (Lipinski definition) is 2. The van der Waals surface area contributed by atoms with Gasteiger partial charge >= 0.3 is 0 Å². The van der Waals surface area contributed by atoms with Gasteiger partial charge in [-0.05, 0) is 24.3 Å². The van der Waals surface area contributed by atoms with Crippen molar-refractivity contribution in [3.05, 3.63) is 54.1 Å². The number of benzene rings is 2. The number of phenols is 1. The summed E-state index contributed by atoms with van der Waals surface area (Å²) in [6.45, 7) is 0.0374. The lowest BCUT2D eigenvalue weighted by atomic mass is 10.2. The van der Waals surface area contributed by atoms with E-state index >= 15 is 0 Å². The number of sulfone groups is 1. The zero-order valence-electron chi connectivity index (χ0n) is 12.5. The molecule has 0 atom stereocenters. The van der Waals surface area contributed by atoms with Crippen LogP contribution in [0.5, 0.6) is 11.5 Å². The first-order chi connectivity index (χ1) is 10.8. The first-order valence-electron chi connectivity index (χ1n) is 6.85. The van der Waals surface area contributed by atoms with Gasteiger partial charge in [-0.2, -0.15) is 0 Å². The molecule has 0 aliphatic carbocycles. The van der Waals surface area contributed by atoms with E-state index in [1.54, 1.807) is 36.4 Å². The summed E-state index contributed by atoms with van der Waals surface area (Å²) in [6.07, 6.45) is 1.14. The van der Waals surface area contributed by atoms with Crippen LogP contribution in [-0.2, 0) is 9.84 Å². The lowest BCUT2D eigenvalue weighted by Gasteiger charge is -2.09. The number of para-hydroxylation sites is 1. The highest BCUT2D eigenvalue weighted by atomic mass is 32.2. The summed E-state index contributed by atoms with van der Waals surface area (Å²) < 4.78 is 27.5. The number of ether oxygens (including phenoxy) is 1. The van der Waals surface area contributed by atoms with Crippen molar-refractivity contribution in [2.75, 3.05) is 23.9 Å². The normalized spacial score (nSPS) is 11.0. The van der Waals surface area contributed by atoms with Crippen molar-refractivity contribution < 1.29 is 23.1 Å². The van der Waals surface area contributed by atoms with Gasteiger partial charge in [-0.15, -0.1) is 0 Å². The molecule has 0 aromatic heterocycles. The molecule has 2 aromatic carbocycles. The van der Waals surface area contributed by atoms with Gasteiger partial charge in [0.05, 0.1) is 11.3 Å². The van der Waals surface area contributed by atoms with Gasteiger partial charge in [-0.1, -0.05) is 18.2 Å². The third-order valence-corrected chi connectivity index (χ3v) is 3.87. The molecule has 0 saturated carbocycles. The Labute approximate surface area is 134 Å². The van der Waals surface area contributed by atoms with Crippen molar-refractivity contribution in [1.29, 1.82) is 0 Å². The predicted molar refractivity (Wildman–Crippen MR) is 87.7 cm³/mol. The molecule has 0 heterocycles. The number of aromatic hydroxyl groups is 1. The molecule has 23 heavy (non-hydrogen) atoms. The molecule has 0 saturated heterocycles. The second kappa shape index (κ2) is 7.15. The van der Waals surface area contributed by atoms with E-state index < -0.39 is 15.7 Å². The summed E-state index contributed by atoms with van der Waals surface area (Å²) in [7, 11) is -3.09. The lowest BCUT2D eigenvalue weighted by molar-refractivity contribution is 0.102. The van der Waals surface area contributed by atoms with Crippen molar-refractivity contribution in [1.82, 2.24) is 0 Å². The summed E-state index contributed by atoms with van der Waals surface area (Å²) in [5.41, 5.74) is 0.644. The van der Waals surface area contributed by atoms with Crippen molar-refractivity contribution in [2.45, 2.75) is 0 Å². The number of nitrogens with one attached hydrogen (secondary N) is 1. The minimum atomic E-state index is -3.09. The van der Waals surface area contributed by atoms with Crippen molar-refractivity contribution in [2.24, 2.45) is 0 Å². The van der Waals surface area contributed by atoms with Crippen LogP contribution < -0.4 is 10.1 Å². The Balaban J connectivity index is 2.02. The highest BCUT2D eigenvalue weighted by Gasteiger charge is 2.11. The van der Waals surface area contributed by atoms with Crippen LogP contribution in [0.3, 0.4) is 0 Å². The topological polar surface area (TPSA) is 92.7 Å². The van der Waals surface area contributed by atoms with Gasteiger partial charge in [0.2, 0.25) is 0 Å². The Morgan fingerprint density at radius 2 is 1.91 bits per heavy atom. The van der Waals surface area contributed by atoms with Crippen LogP contribution in [0.2, 0.25) is 0 Å². The van der Waals surface area contributed by atoms with Crippen molar-refractivity contribution in [3.8, 4) is 11.5 Å². The fraction of sp³-hybridized carbons (Fsp3) is 0.188. The maximum atomic E-state index is 12.1. The van der Waals surface area contributed by atoms with Gasteiger partial charge in [-0.3, -0.25) is 4.79 Å². The van der Waals surface area contributed by atoms with Crippen LogP contribution in [0.15, 0.2) is 48.5 Å². The SMILES string of the molecule is CS(=O)(=O)CCOc1cccc(NC(=O)c2ccccc2O)c1. The van der Waals surface area contributed by atoms with E-state index in [1.807, 2.05) is 0 Å². The molecular formula is C16H17NO5S. The molecule has 0 bridgehead atoms. The van der Waals surface area contributed by atoms with Gasteiger partial charge in [0.25, 0.3) is 5.91 Å². The summed E-state index contributed by atoms with van der Waals surface area (Å²) in [4.78, 5) is 12.1. The molecule has 2 rings (SSSR count). The maximum absolute atomic E-state index is 12.1. The number of amides is 1. The smallest absolute Gasteiger partial charge is 0.259 e. The first kappa shape index (κ1) is 16.8. The van der Waals surface area contributed by atoms with E-state index in [9.17, 15) is 18.3 Å². The van der Waals surface area contributed by atoms with Crippen LogP contribution >= 0.6 is 0 Å². The van der Waals surface area contributed by atoms with Gasteiger partial charge in [0, 0.05) is 18.0 Å². The minimum absolute atomic E-state index is 0.0374. The molecule has 1 amide bonds. The Kier molecular flexibility index (Phi) is 5.23. The fourth-order valence-corrected chi connectivity index (χ4v) is 2.22. The van der Waals surface area contributed by atoms with Crippen LogP contribution in [0.1, 0.15) is 10.4 Å². The summed E-state index contributed by atoms with van der Waals surface area (Å²) in [5.74, 6) is -0.188. The molecule has 2 N–H and O–H groups in total. The Morgan fingerprint density at radius 1 is 1.17 bits per heavy atom. The largest absolute Gasteiger partial charge is 0.507 e. The molecule has 6 nitrogen and oxygen atoms in total. The maximum Gasteiger partial charge on any atom is 0.259 e. The van der Waals surface area contributed by atoms with Crippen LogP contribution in [0, 0.1) is 0 Å². The second-order valence-electron chi connectivity index (χ2n) is 4.98. The Hall–Kier alpha value is -2.54. The summed E-state index contributed by atoms with van der Waals surface area (Å²) in [6, 6.07) is 12.8. The van der Waals surface area contributed by atoms with Crippen LogP contribution in [-0.4, -0.2) is 38.0 Å². The minimum Gasteiger partial charge on any atom is -0.507 e. The monoisotopic (exact) mass is 335 g/mol. The molecule has 0 unspecified atom stereocenters. The van der Waals surface area contributed by atoms with Crippen LogP contribution in [0.25, 0.3) is 0 Å². The molecule has 0 fully saturated rings. The second-order valence-corrected chi connectivity index (χ2v) is 7.24. The Bertz CT molecular complexity index is 802. The number of carbonyl (C=O) groups is 1. The molecule has 2 aromatic rings. The molecule has 7 heteroatoms. The third-order valence-electron chi connectivity index (χ3n) is 2.96.